The molecule has 7 heteroatoms. The molecule has 0 unspecified atom stereocenters. The zero-order valence-electron chi connectivity index (χ0n) is 15.6. The van der Waals surface area contributed by atoms with E-state index in [0.29, 0.717) is 43.0 Å². The van der Waals surface area contributed by atoms with Gasteiger partial charge in [-0.1, -0.05) is 12.1 Å². The number of carbonyl (C=O) groups excluding carboxylic acids is 2. The van der Waals surface area contributed by atoms with E-state index in [2.05, 4.69) is 9.97 Å². The van der Waals surface area contributed by atoms with E-state index in [9.17, 15) is 9.59 Å². The van der Waals surface area contributed by atoms with Crippen LogP contribution in [0.2, 0.25) is 0 Å². The lowest BCUT2D eigenvalue weighted by atomic mass is 10.1. The lowest BCUT2D eigenvalue weighted by Crippen LogP contribution is -2.28. The minimum Gasteiger partial charge on any atom is -0.497 e. The maximum Gasteiger partial charge on any atom is 0.252 e. The van der Waals surface area contributed by atoms with Crippen molar-refractivity contribution in [1.29, 1.82) is 0 Å². The molecule has 2 amide bonds. The zero-order chi connectivity index (χ0) is 19.4. The molecular formula is C20H24N4O3. The Morgan fingerprint density at radius 2 is 2.04 bits per heavy atom. The summed E-state index contributed by atoms with van der Waals surface area (Å²) < 4.78 is 5.15. The van der Waals surface area contributed by atoms with Crippen molar-refractivity contribution in [2.24, 2.45) is 5.73 Å². The van der Waals surface area contributed by atoms with Crippen molar-refractivity contribution < 1.29 is 14.3 Å². The number of nitrogens with two attached hydrogens (primary N) is 1. The molecule has 0 saturated carbocycles. The molecule has 0 aliphatic carbocycles. The standard InChI is InChI=1S/C20H24N4O3/c1-13-17(19(21)26)11-22-20(23-13)15-9-10-24(12-15)18(25)8-5-14-3-6-16(27-2)7-4-14/h3-4,6-7,11,15H,5,8-10,12H2,1-2H3,(H2,21,26)/t15-/m1/s1. The molecule has 2 N–H and O–H groups in total. The number of benzene rings is 1. The van der Waals surface area contributed by atoms with Crippen molar-refractivity contribution in [3.63, 3.8) is 0 Å². The van der Waals surface area contributed by atoms with Crippen molar-refractivity contribution in [3.8, 4) is 5.75 Å². The number of likely N-dealkylation sites (tertiary alicyclic amines) is 1. The normalized spacial score (nSPS) is 16.4. The van der Waals surface area contributed by atoms with Crippen LogP contribution in [0.15, 0.2) is 30.5 Å². The molecule has 0 bridgehead atoms. The van der Waals surface area contributed by atoms with Crippen LogP contribution >= 0.6 is 0 Å². The van der Waals surface area contributed by atoms with Crippen LogP contribution in [-0.2, 0) is 11.2 Å². The fraction of sp³-hybridized carbons (Fsp3) is 0.400. The molecule has 1 aromatic carbocycles. The van der Waals surface area contributed by atoms with Gasteiger partial charge in [0.2, 0.25) is 5.91 Å². The van der Waals surface area contributed by atoms with Crippen LogP contribution in [0.25, 0.3) is 0 Å². The molecular weight excluding hydrogens is 344 g/mol. The quantitative estimate of drug-likeness (QED) is 0.839. The van der Waals surface area contributed by atoms with E-state index < -0.39 is 5.91 Å². The molecule has 3 rings (SSSR count). The summed E-state index contributed by atoms with van der Waals surface area (Å²) in [5, 5.41) is 0. The van der Waals surface area contributed by atoms with Crippen LogP contribution in [0.5, 0.6) is 5.75 Å². The highest BCUT2D eigenvalue weighted by molar-refractivity contribution is 5.93. The number of methoxy groups -OCH3 is 1. The number of amides is 2. The van der Waals surface area contributed by atoms with Crippen molar-refractivity contribution in [2.75, 3.05) is 20.2 Å². The highest BCUT2D eigenvalue weighted by atomic mass is 16.5. The summed E-state index contributed by atoms with van der Waals surface area (Å²) in [5.74, 6) is 1.18. The van der Waals surface area contributed by atoms with Crippen LogP contribution in [0.4, 0.5) is 0 Å². The number of hydrogen-bond donors (Lipinski definition) is 1. The molecule has 2 aromatic rings. The van der Waals surface area contributed by atoms with Crippen molar-refractivity contribution in [2.45, 2.75) is 32.1 Å². The average Bonchev–Trinajstić information content (AvgIpc) is 3.16. The Morgan fingerprint density at radius 3 is 2.67 bits per heavy atom. The first kappa shape index (κ1) is 18.8. The van der Waals surface area contributed by atoms with Crippen molar-refractivity contribution >= 4 is 11.8 Å². The topological polar surface area (TPSA) is 98.4 Å². The van der Waals surface area contributed by atoms with E-state index in [4.69, 9.17) is 10.5 Å². The Bertz CT molecular complexity index is 836. The monoisotopic (exact) mass is 368 g/mol. The van der Waals surface area contributed by atoms with Crippen LogP contribution in [0.3, 0.4) is 0 Å². The molecule has 7 nitrogen and oxygen atoms in total. The maximum absolute atomic E-state index is 12.5. The molecule has 1 aliphatic rings. The van der Waals surface area contributed by atoms with Crippen molar-refractivity contribution in [1.82, 2.24) is 14.9 Å². The van der Waals surface area contributed by atoms with E-state index >= 15 is 0 Å². The zero-order valence-corrected chi connectivity index (χ0v) is 15.6. The van der Waals surface area contributed by atoms with E-state index in [0.717, 1.165) is 17.7 Å². The molecule has 1 atom stereocenters. The fourth-order valence-corrected chi connectivity index (χ4v) is 3.32. The highest BCUT2D eigenvalue weighted by Crippen LogP contribution is 2.26. The summed E-state index contributed by atoms with van der Waals surface area (Å²) in [7, 11) is 1.63. The van der Waals surface area contributed by atoms with Crippen LogP contribution in [0, 0.1) is 6.92 Å². The van der Waals surface area contributed by atoms with Gasteiger partial charge in [0.05, 0.1) is 18.4 Å². The van der Waals surface area contributed by atoms with Gasteiger partial charge in [-0.15, -0.1) is 0 Å². The van der Waals surface area contributed by atoms with E-state index in [1.165, 1.54) is 6.20 Å². The van der Waals surface area contributed by atoms with Gasteiger partial charge < -0.3 is 15.4 Å². The Labute approximate surface area is 158 Å². The number of primary amides is 1. The van der Waals surface area contributed by atoms with Crippen molar-refractivity contribution in [3.05, 3.63) is 53.1 Å². The van der Waals surface area contributed by atoms with Crippen LogP contribution < -0.4 is 10.5 Å². The van der Waals surface area contributed by atoms with Gasteiger partial charge in [-0.3, -0.25) is 9.59 Å². The molecule has 142 valence electrons. The number of carbonyl (C=O) groups is 2. The molecule has 1 saturated heterocycles. The van der Waals surface area contributed by atoms with E-state index in [1.54, 1.807) is 14.0 Å². The van der Waals surface area contributed by atoms with Gasteiger partial charge in [0.1, 0.15) is 11.6 Å². The first-order valence-corrected chi connectivity index (χ1v) is 9.02. The second-order valence-electron chi connectivity index (χ2n) is 6.76. The minimum atomic E-state index is -0.527. The third-order valence-electron chi connectivity index (χ3n) is 4.96. The minimum absolute atomic E-state index is 0.0931. The largest absolute Gasteiger partial charge is 0.497 e. The second kappa shape index (κ2) is 8.16. The molecule has 0 spiro atoms. The Balaban J connectivity index is 1.56. The predicted octanol–water partition coefficient (Wildman–Crippen LogP) is 1.84. The fourth-order valence-electron chi connectivity index (χ4n) is 3.32. The number of ether oxygens (including phenoxy) is 1. The van der Waals surface area contributed by atoms with E-state index in [1.807, 2.05) is 29.2 Å². The number of nitrogens with zero attached hydrogens (tertiary/aromatic N) is 3. The lowest BCUT2D eigenvalue weighted by molar-refractivity contribution is -0.130. The first-order valence-electron chi connectivity index (χ1n) is 9.02. The first-order chi connectivity index (χ1) is 13.0. The Kier molecular flexibility index (Phi) is 5.69. The van der Waals surface area contributed by atoms with E-state index in [-0.39, 0.29) is 11.8 Å². The summed E-state index contributed by atoms with van der Waals surface area (Å²) in [5.41, 5.74) is 7.33. The number of hydrogen-bond acceptors (Lipinski definition) is 5. The molecule has 0 radical (unpaired) electrons. The molecule has 27 heavy (non-hydrogen) atoms. The van der Waals surface area contributed by atoms with Gasteiger partial charge >= 0.3 is 0 Å². The summed E-state index contributed by atoms with van der Waals surface area (Å²) >= 11 is 0. The summed E-state index contributed by atoms with van der Waals surface area (Å²) in [6, 6.07) is 7.77. The van der Waals surface area contributed by atoms with Gasteiger partial charge in [-0.2, -0.15) is 0 Å². The number of aromatic nitrogens is 2. The summed E-state index contributed by atoms with van der Waals surface area (Å²) in [6.07, 6.45) is 3.48. The third kappa shape index (κ3) is 4.42. The predicted molar refractivity (Wildman–Crippen MR) is 101 cm³/mol. The van der Waals surface area contributed by atoms with Crippen LogP contribution in [-0.4, -0.2) is 46.9 Å². The smallest absolute Gasteiger partial charge is 0.252 e. The highest BCUT2D eigenvalue weighted by Gasteiger charge is 2.29. The second-order valence-corrected chi connectivity index (χ2v) is 6.76. The SMILES string of the molecule is COc1ccc(CCC(=O)N2CC[C@@H](c3ncc(C(N)=O)c(C)n3)C2)cc1. The van der Waals surface area contributed by atoms with Gasteiger partial charge in [0, 0.05) is 31.6 Å². The summed E-state index contributed by atoms with van der Waals surface area (Å²) in [4.78, 5) is 34.4. The molecule has 1 fully saturated rings. The third-order valence-corrected chi connectivity index (χ3v) is 4.96. The van der Waals surface area contributed by atoms with Gasteiger partial charge in [0.15, 0.2) is 0 Å². The molecule has 2 heterocycles. The molecule has 1 aliphatic heterocycles. The van der Waals surface area contributed by atoms with Gasteiger partial charge in [-0.25, -0.2) is 9.97 Å². The molecule has 1 aromatic heterocycles. The van der Waals surface area contributed by atoms with Crippen LogP contribution in [0.1, 0.15) is 46.2 Å². The lowest BCUT2D eigenvalue weighted by Gasteiger charge is -2.16. The maximum atomic E-state index is 12.5. The Morgan fingerprint density at radius 1 is 1.30 bits per heavy atom. The van der Waals surface area contributed by atoms with Gasteiger partial charge in [-0.05, 0) is 37.5 Å². The average molecular weight is 368 g/mol. The number of aryl methyl sites for hydroxylation is 2. The van der Waals surface area contributed by atoms with Gasteiger partial charge in [0.25, 0.3) is 5.91 Å². The number of rotatable bonds is 6. The Hall–Kier alpha value is -2.96. The summed E-state index contributed by atoms with van der Waals surface area (Å²) in [6.45, 7) is 3.06.